The fourth-order valence-electron chi connectivity index (χ4n) is 3.19. The smallest absolute Gasteiger partial charge is 0.222 e. The van der Waals surface area contributed by atoms with Crippen LogP contribution in [0.1, 0.15) is 6.92 Å². The van der Waals surface area contributed by atoms with Gasteiger partial charge in [0.25, 0.3) is 0 Å². The zero-order valence-electron chi connectivity index (χ0n) is 15.8. The maximum Gasteiger partial charge on any atom is 0.222 e. The molecule has 0 spiro atoms. The van der Waals surface area contributed by atoms with Crippen LogP contribution in [0.5, 0.6) is 0 Å². The van der Waals surface area contributed by atoms with Crippen LogP contribution in [0.2, 0.25) is 0 Å². The van der Waals surface area contributed by atoms with Crippen LogP contribution < -0.4 is 10.2 Å². The van der Waals surface area contributed by atoms with Gasteiger partial charge in [-0.15, -0.1) is 35.6 Å². The standard InChI is InChI=1S/C21H20BrCl2N3O.ClH/c1-14(28)25-21-19(17-4-2-3-5-18(17)20(22)26-21)15-6-8-16(9-7-15)27(12-10-23)13-11-24;/h2-9H,10-13H2,1H3,(H,25,26,28);1H. The number of anilines is 2. The Morgan fingerprint density at radius 1 is 1.03 bits per heavy atom. The summed E-state index contributed by atoms with van der Waals surface area (Å²) in [5, 5.41) is 4.86. The van der Waals surface area contributed by atoms with Gasteiger partial charge in [0.15, 0.2) is 0 Å². The molecule has 1 amide bonds. The van der Waals surface area contributed by atoms with Gasteiger partial charge in [0.05, 0.1) is 0 Å². The lowest BCUT2D eigenvalue weighted by Crippen LogP contribution is -2.27. The van der Waals surface area contributed by atoms with Crippen molar-refractivity contribution in [2.75, 3.05) is 35.1 Å². The van der Waals surface area contributed by atoms with Gasteiger partial charge in [-0.2, -0.15) is 0 Å². The summed E-state index contributed by atoms with van der Waals surface area (Å²) in [5.74, 6) is 1.44. The van der Waals surface area contributed by atoms with Crippen LogP contribution in [0, 0.1) is 0 Å². The highest BCUT2D eigenvalue weighted by molar-refractivity contribution is 9.10. The van der Waals surface area contributed by atoms with E-state index in [9.17, 15) is 4.79 Å². The fraction of sp³-hybridized carbons (Fsp3) is 0.238. The van der Waals surface area contributed by atoms with E-state index in [2.05, 4.69) is 31.1 Å². The summed E-state index contributed by atoms with van der Waals surface area (Å²) in [6, 6.07) is 16.1. The van der Waals surface area contributed by atoms with Crippen molar-refractivity contribution in [3.63, 3.8) is 0 Å². The second-order valence-electron chi connectivity index (χ2n) is 6.26. The number of carbonyl (C=O) groups excluding carboxylic acids is 1. The summed E-state index contributed by atoms with van der Waals surface area (Å²) in [4.78, 5) is 18.5. The van der Waals surface area contributed by atoms with Gasteiger partial charge < -0.3 is 10.2 Å². The Kier molecular flexibility index (Phi) is 9.03. The van der Waals surface area contributed by atoms with Gasteiger partial charge in [0.2, 0.25) is 5.91 Å². The van der Waals surface area contributed by atoms with Crippen LogP contribution in [-0.2, 0) is 4.79 Å². The number of alkyl halides is 2. The van der Waals surface area contributed by atoms with Crippen molar-refractivity contribution in [2.24, 2.45) is 0 Å². The molecule has 1 N–H and O–H groups in total. The number of nitrogens with zero attached hydrogens (tertiary/aromatic N) is 2. The number of amides is 1. The lowest BCUT2D eigenvalue weighted by Gasteiger charge is -2.23. The number of carbonyl (C=O) groups is 1. The molecule has 0 unspecified atom stereocenters. The normalized spacial score (nSPS) is 10.5. The number of pyridine rings is 1. The summed E-state index contributed by atoms with van der Waals surface area (Å²) in [7, 11) is 0. The molecule has 3 aromatic rings. The van der Waals surface area contributed by atoms with Crippen LogP contribution in [0.15, 0.2) is 53.1 Å². The maximum absolute atomic E-state index is 11.7. The highest BCUT2D eigenvalue weighted by Crippen LogP contribution is 2.38. The van der Waals surface area contributed by atoms with Gasteiger partial charge in [-0.25, -0.2) is 4.98 Å². The van der Waals surface area contributed by atoms with Crippen LogP contribution >= 0.6 is 51.5 Å². The molecular weight excluding hydrogens is 497 g/mol. The molecule has 1 aromatic heterocycles. The molecule has 29 heavy (non-hydrogen) atoms. The monoisotopic (exact) mass is 515 g/mol. The van der Waals surface area contributed by atoms with Crippen molar-refractivity contribution < 1.29 is 4.79 Å². The number of halogens is 4. The topological polar surface area (TPSA) is 45.2 Å². The Bertz CT molecular complexity index is 977. The first kappa shape index (κ1) is 23.7. The van der Waals surface area contributed by atoms with Crippen molar-refractivity contribution in [1.29, 1.82) is 0 Å². The Balaban J connectivity index is 0.00000300. The summed E-state index contributed by atoms with van der Waals surface area (Å²) >= 11 is 15.4. The van der Waals surface area contributed by atoms with Crippen molar-refractivity contribution in [3.05, 3.63) is 53.1 Å². The van der Waals surface area contributed by atoms with Crippen LogP contribution in [0.3, 0.4) is 0 Å². The lowest BCUT2D eigenvalue weighted by atomic mass is 9.99. The summed E-state index contributed by atoms with van der Waals surface area (Å²) in [6.45, 7) is 2.94. The third kappa shape index (κ3) is 5.54. The van der Waals surface area contributed by atoms with Crippen molar-refractivity contribution >= 4 is 79.7 Å². The van der Waals surface area contributed by atoms with E-state index in [4.69, 9.17) is 23.2 Å². The molecule has 0 atom stereocenters. The third-order valence-corrected chi connectivity index (χ3v) is 5.33. The molecule has 0 bridgehead atoms. The minimum absolute atomic E-state index is 0. The molecule has 0 fully saturated rings. The number of nitrogens with one attached hydrogen (secondary N) is 1. The van der Waals surface area contributed by atoms with Gasteiger partial charge >= 0.3 is 0 Å². The minimum Gasteiger partial charge on any atom is -0.369 e. The Labute approximate surface area is 195 Å². The number of hydrogen-bond donors (Lipinski definition) is 1. The van der Waals surface area contributed by atoms with E-state index < -0.39 is 0 Å². The van der Waals surface area contributed by atoms with E-state index >= 15 is 0 Å². The zero-order chi connectivity index (χ0) is 20.1. The molecule has 0 radical (unpaired) electrons. The number of rotatable bonds is 7. The van der Waals surface area contributed by atoms with Crippen molar-refractivity contribution in [3.8, 4) is 11.1 Å². The van der Waals surface area contributed by atoms with E-state index in [0.29, 0.717) is 22.2 Å². The molecule has 3 rings (SSSR count). The number of fused-ring (bicyclic) bond motifs is 1. The van der Waals surface area contributed by atoms with Gasteiger partial charge in [-0.3, -0.25) is 4.79 Å². The first-order valence-electron chi connectivity index (χ1n) is 8.88. The first-order valence-corrected chi connectivity index (χ1v) is 10.7. The first-order chi connectivity index (χ1) is 13.5. The second kappa shape index (κ2) is 11.0. The predicted molar refractivity (Wildman–Crippen MR) is 130 cm³/mol. The van der Waals surface area contributed by atoms with Crippen molar-refractivity contribution in [2.45, 2.75) is 6.92 Å². The quantitative estimate of drug-likeness (QED) is 0.294. The second-order valence-corrected chi connectivity index (χ2v) is 7.77. The van der Waals surface area contributed by atoms with Gasteiger partial charge in [0, 0.05) is 48.4 Å². The summed E-state index contributed by atoms with van der Waals surface area (Å²) in [6.07, 6.45) is 0. The van der Waals surface area contributed by atoms with E-state index in [1.54, 1.807) is 0 Å². The number of benzene rings is 2. The molecule has 1 heterocycles. The Morgan fingerprint density at radius 2 is 1.62 bits per heavy atom. The third-order valence-electron chi connectivity index (χ3n) is 4.39. The molecule has 8 heteroatoms. The molecule has 0 aliphatic carbocycles. The van der Waals surface area contributed by atoms with Gasteiger partial charge in [0.1, 0.15) is 10.4 Å². The van der Waals surface area contributed by atoms with Crippen LogP contribution in [0.4, 0.5) is 11.5 Å². The molecule has 0 aliphatic rings. The average Bonchev–Trinajstić information content (AvgIpc) is 2.68. The van der Waals surface area contributed by atoms with Crippen molar-refractivity contribution in [1.82, 2.24) is 4.98 Å². The Hall–Kier alpha value is -1.53. The SMILES string of the molecule is CC(=O)Nc1nc(Br)c2ccccc2c1-c1ccc(N(CCCl)CCCl)cc1.Cl. The average molecular weight is 518 g/mol. The predicted octanol–water partition coefficient (Wildman–Crippen LogP) is 6.33. The van der Waals surface area contributed by atoms with E-state index in [1.807, 2.05) is 48.5 Å². The highest BCUT2D eigenvalue weighted by Gasteiger charge is 2.16. The van der Waals surface area contributed by atoms with E-state index in [1.165, 1.54) is 6.92 Å². The molecular formula is C21H21BrCl3N3O. The molecule has 154 valence electrons. The van der Waals surface area contributed by atoms with E-state index in [0.717, 1.165) is 40.7 Å². The van der Waals surface area contributed by atoms with Crippen LogP contribution in [-0.4, -0.2) is 35.7 Å². The Morgan fingerprint density at radius 3 is 2.17 bits per heavy atom. The molecule has 4 nitrogen and oxygen atoms in total. The van der Waals surface area contributed by atoms with E-state index in [-0.39, 0.29) is 18.3 Å². The maximum atomic E-state index is 11.7. The molecule has 2 aromatic carbocycles. The summed E-state index contributed by atoms with van der Waals surface area (Å²) in [5.41, 5.74) is 2.92. The minimum atomic E-state index is -0.164. The largest absolute Gasteiger partial charge is 0.369 e. The molecule has 0 saturated carbocycles. The molecule has 0 aliphatic heterocycles. The summed E-state index contributed by atoms with van der Waals surface area (Å²) < 4.78 is 0.697. The fourth-order valence-corrected chi connectivity index (χ4v) is 4.12. The van der Waals surface area contributed by atoms with Gasteiger partial charge in [-0.05, 0) is 39.0 Å². The highest BCUT2D eigenvalue weighted by atomic mass is 79.9. The molecule has 0 saturated heterocycles. The zero-order valence-corrected chi connectivity index (χ0v) is 19.7. The van der Waals surface area contributed by atoms with Crippen LogP contribution in [0.25, 0.3) is 21.9 Å². The lowest BCUT2D eigenvalue weighted by molar-refractivity contribution is -0.114. The number of aromatic nitrogens is 1. The number of hydrogen-bond acceptors (Lipinski definition) is 3. The van der Waals surface area contributed by atoms with Gasteiger partial charge in [-0.1, -0.05) is 36.4 Å².